The SMILES string of the molecule is OCCOC1CCN(Cc2ccc(F)c(Cl)c2)CC1. The van der Waals surface area contributed by atoms with Crippen molar-refractivity contribution in [3.05, 3.63) is 34.6 Å². The molecule has 0 bridgehead atoms. The maximum absolute atomic E-state index is 13.1. The summed E-state index contributed by atoms with van der Waals surface area (Å²) in [4.78, 5) is 2.31. The van der Waals surface area contributed by atoms with Gasteiger partial charge in [-0.05, 0) is 30.5 Å². The second kappa shape index (κ2) is 7.20. The number of benzene rings is 1. The number of piperidine rings is 1. The van der Waals surface area contributed by atoms with E-state index in [-0.39, 0.29) is 23.6 Å². The van der Waals surface area contributed by atoms with E-state index in [0.717, 1.165) is 38.0 Å². The van der Waals surface area contributed by atoms with Crippen LogP contribution in [0.2, 0.25) is 5.02 Å². The smallest absolute Gasteiger partial charge is 0.141 e. The lowest BCUT2D eigenvalue weighted by Gasteiger charge is -2.31. The monoisotopic (exact) mass is 287 g/mol. The lowest BCUT2D eigenvalue weighted by atomic mass is 10.1. The van der Waals surface area contributed by atoms with Crippen molar-refractivity contribution < 1.29 is 14.2 Å². The molecule has 0 saturated carbocycles. The Kier molecular flexibility index (Phi) is 5.58. The fourth-order valence-electron chi connectivity index (χ4n) is 2.35. The Morgan fingerprint density at radius 2 is 2.11 bits per heavy atom. The van der Waals surface area contributed by atoms with Gasteiger partial charge in [-0.2, -0.15) is 0 Å². The highest BCUT2D eigenvalue weighted by atomic mass is 35.5. The lowest BCUT2D eigenvalue weighted by molar-refractivity contribution is -0.00901. The third kappa shape index (κ3) is 4.42. The van der Waals surface area contributed by atoms with E-state index in [1.807, 2.05) is 0 Å². The zero-order chi connectivity index (χ0) is 13.7. The number of aliphatic hydroxyl groups is 1. The van der Waals surface area contributed by atoms with E-state index in [2.05, 4.69) is 4.90 Å². The van der Waals surface area contributed by atoms with Crippen LogP contribution in [0.5, 0.6) is 0 Å². The molecule has 1 N–H and O–H groups in total. The normalized spacial score (nSPS) is 17.8. The minimum Gasteiger partial charge on any atom is -0.394 e. The minimum atomic E-state index is -0.374. The average Bonchev–Trinajstić information content (AvgIpc) is 2.42. The molecule has 0 amide bonds. The number of hydrogen-bond donors (Lipinski definition) is 1. The molecule has 1 fully saturated rings. The Morgan fingerprint density at radius 1 is 1.37 bits per heavy atom. The summed E-state index contributed by atoms with van der Waals surface area (Å²) >= 11 is 5.77. The zero-order valence-electron chi connectivity index (χ0n) is 10.8. The summed E-state index contributed by atoms with van der Waals surface area (Å²) in [5.74, 6) is -0.374. The number of ether oxygens (including phenoxy) is 1. The van der Waals surface area contributed by atoms with E-state index in [9.17, 15) is 4.39 Å². The van der Waals surface area contributed by atoms with Gasteiger partial charge in [0.15, 0.2) is 0 Å². The molecule has 0 atom stereocenters. The number of halogens is 2. The lowest BCUT2D eigenvalue weighted by Crippen LogP contribution is -2.36. The summed E-state index contributed by atoms with van der Waals surface area (Å²) in [5, 5.41) is 8.89. The Hall–Kier alpha value is -0.680. The predicted octanol–water partition coefficient (Wildman–Crippen LogP) is 2.45. The molecular formula is C14H19ClFNO2. The quantitative estimate of drug-likeness (QED) is 0.903. The van der Waals surface area contributed by atoms with Crippen molar-refractivity contribution in [2.24, 2.45) is 0 Å². The zero-order valence-corrected chi connectivity index (χ0v) is 11.6. The van der Waals surface area contributed by atoms with E-state index in [4.69, 9.17) is 21.4 Å². The minimum absolute atomic E-state index is 0.0777. The molecule has 0 aromatic heterocycles. The number of likely N-dealkylation sites (tertiary alicyclic amines) is 1. The highest BCUT2D eigenvalue weighted by molar-refractivity contribution is 6.30. The van der Waals surface area contributed by atoms with Crippen LogP contribution in [0.1, 0.15) is 18.4 Å². The third-order valence-corrected chi connectivity index (χ3v) is 3.66. The molecule has 1 aromatic carbocycles. The topological polar surface area (TPSA) is 32.7 Å². The van der Waals surface area contributed by atoms with E-state index in [1.165, 1.54) is 6.07 Å². The van der Waals surface area contributed by atoms with Gasteiger partial charge in [0.05, 0.1) is 24.3 Å². The van der Waals surface area contributed by atoms with Crippen LogP contribution in [-0.2, 0) is 11.3 Å². The third-order valence-electron chi connectivity index (χ3n) is 3.37. The first-order chi connectivity index (χ1) is 9.19. The van der Waals surface area contributed by atoms with Crippen LogP contribution in [0.3, 0.4) is 0 Å². The van der Waals surface area contributed by atoms with E-state index < -0.39 is 0 Å². The summed E-state index contributed by atoms with van der Waals surface area (Å²) in [6, 6.07) is 4.87. The van der Waals surface area contributed by atoms with Gasteiger partial charge in [-0.15, -0.1) is 0 Å². The number of hydrogen-bond acceptors (Lipinski definition) is 3. The first-order valence-corrected chi connectivity index (χ1v) is 6.95. The van der Waals surface area contributed by atoms with Gasteiger partial charge in [-0.25, -0.2) is 4.39 Å². The maximum atomic E-state index is 13.1. The van der Waals surface area contributed by atoms with Crippen LogP contribution in [0.4, 0.5) is 4.39 Å². The first-order valence-electron chi connectivity index (χ1n) is 6.58. The van der Waals surface area contributed by atoms with Gasteiger partial charge in [0, 0.05) is 19.6 Å². The first kappa shape index (κ1) is 14.7. The molecule has 5 heteroatoms. The van der Waals surface area contributed by atoms with Crippen molar-refractivity contribution in [3.63, 3.8) is 0 Å². The second-order valence-electron chi connectivity index (χ2n) is 4.82. The van der Waals surface area contributed by atoms with Crippen molar-refractivity contribution in [1.82, 2.24) is 4.90 Å². The van der Waals surface area contributed by atoms with Crippen molar-refractivity contribution in [2.75, 3.05) is 26.3 Å². The van der Waals surface area contributed by atoms with Gasteiger partial charge in [-0.1, -0.05) is 17.7 Å². The van der Waals surface area contributed by atoms with Gasteiger partial charge < -0.3 is 9.84 Å². The van der Waals surface area contributed by atoms with Crippen molar-refractivity contribution in [1.29, 1.82) is 0 Å². The van der Waals surface area contributed by atoms with Crippen LogP contribution in [-0.4, -0.2) is 42.4 Å². The Morgan fingerprint density at radius 3 is 2.74 bits per heavy atom. The van der Waals surface area contributed by atoms with Crippen LogP contribution in [0.25, 0.3) is 0 Å². The van der Waals surface area contributed by atoms with E-state index >= 15 is 0 Å². The van der Waals surface area contributed by atoms with Crippen LogP contribution >= 0.6 is 11.6 Å². The van der Waals surface area contributed by atoms with Gasteiger partial charge in [0.2, 0.25) is 0 Å². The molecule has 0 radical (unpaired) electrons. The van der Waals surface area contributed by atoms with Gasteiger partial charge in [0.1, 0.15) is 5.82 Å². The van der Waals surface area contributed by atoms with Gasteiger partial charge in [-0.3, -0.25) is 4.90 Å². The molecule has 0 aliphatic carbocycles. The molecule has 1 aromatic rings. The Bertz CT molecular complexity index is 408. The molecule has 1 aliphatic heterocycles. The molecule has 2 rings (SSSR count). The van der Waals surface area contributed by atoms with Crippen LogP contribution in [0, 0.1) is 5.82 Å². The van der Waals surface area contributed by atoms with Crippen molar-refractivity contribution in [2.45, 2.75) is 25.5 Å². The number of aliphatic hydroxyl groups excluding tert-OH is 1. The number of nitrogens with zero attached hydrogens (tertiary/aromatic N) is 1. The van der Waals surface area contributed by atoms with E-state index in [0.29, 0.717) is 6.61 Å². The van der Waals surface area contributed by atoms with Crippen LogP contribution < -0.4 is 0 Å². The predicted molar refractivity (Wildman–Crippen MR) is 72.7 cm³/mol. The maximum Gasteiger partial charge on any atom is 0.141 e. The van der Waals surface area contributed by atoms with Crippen molar-refractivity contribution in [3.8, 4) is 0 Å². The second-order valence-corrected chi connectivity index (χ2v) is 5.23. The van der Waals surface area contributed by atoms with Gasteiger partial charge >= 0.3 is 0 Å². The summed E-state index contributed by atoms with van der Waals surface area (Å²) in [6.07, 6.45) is 2.18. The van der Waals surface area contributed by atoms with Crippen LogP contribution in [0.15, 0.2) is 18.2 Å². The summed E-state index contributed by atoms with van der Waals surface area (Å²) in [6.45, 7) is 3.18. The molecular weight excluding hydrogens is 269 g/mol. The molecule has 19 heavy (non-hydrogen) atoms. The summed E-state index contributed by atoms with van der Waals surface area (Å²) in [5.41, 5.74) is 1.03. The van der Waals surface area contributed by atoms with E-state index in [1.54, 1.807) is 12.1 Å². The molecule has 106 valence electrons. The largest absolute Gasteiger partial charge is 0.394 e. The highest BCUT2D eigenvalue weighted by Crippen LogP contribution is 2.20. The standard InChI is InChI=1S/C14H19ClFNO2/c15-13-9-11(1-2-14(13)16)10-17-5-3-12(4-6-17)19-8-7-18/h1-2,9,12,18H,3-8,10H2. The number of rotatable bonds is 5. The summed E-state index contributed by atoms with van der Waals surface area (Å²) < 4.78 is 18.6. The molecule has 1 saturated heterocycles. The molecule has 1 aliphatic rings. The fraction of sp³-hybridized carbons (Fsp3) is 0.571. The Labute approximate surface area is 117 Å². The Balaban J connectivity index is 1.80. The molecule has 3 nitrogen and oxygen atoms in total. The van der Waals surface area contributed by atoms with Crippen molar-refractivity contribution >= 4 is 11.6 Å². The molecule has 1 heterocycles. The average molecular weight is 288 g/mol. The van der Waals surface area contributed by atoms with Gasteiger partial charge in [0.25, 0.3) is 0 Å². The molecule has 0 unspecified atom stereocenters. The highest BCUT2D eigenvalue weighted by Gasteiger charge is 2.19. The fourth-order valence-corrected chi connectivity index (χ4v) is 2.55. The summed E-state index contributed by atoms with van der Waals surface area (Å²) in [7, 11) is 0. The molecule has 0 spiro atoms.